The van der Waals surface area contributed by atoms with Gasteiger partial charge in [0.1, 0.15) is 10.9 Å². The normalized spacial score (nSPS) is 26.6. The van der Waals surface area contributed by atoms with Gasteiger partial charge in [-0.05, 0) is 32.4 Å². The van der Waals surface area contributed by atoms with Gasteiger partial charge in [-0.25, -0.2) is 0 Å². The van der Waals surface area contributed by atoms with E-state index in [4.69, 9.17) is 10.00 Å². The third kappa shape index (κ3) is 2.43. The van der Waals surface area contributed by atoms with Crippen LogP contribution < -0.4 is 5.32 Å². The molecule has 0 spiro atoms. The number of nitriles is 1. The molecule has 1 N–H and O–H groups in total. The second kappa shape index (κ2) is 4.54. The van der Waals surface area contributed by atoms with Gasteiger partial charge in [0.15, 0.2) is 0 Å². The maximum absolute atomic E-state index is 8.79. The van der Waals surface area contributed by atoms with Crippen molar-refractivity contribution >= 4 is 11.3 Å². The summed E-state index contributed by atoms with van der Waals surface area (Å²) >= 11 is 1.56. The highest BCUT2D eigenvalue weighted by Crippen LogP contribution is 2.27. The maximum atomic E-state index is 8.79. The van der Waals surface area contributed by atoms with Gasteiger partial charge < -0.3 is 10.1 Å². The van der Waals surface area contributed by atoms with Crippen molar-refractivity contribution in [1.29, 1.82) is 5.26 Å². The van der Waals surface area contributed by atoms with Gasteiger partial charge in [0.05, 0.1) is 6.61 Å². The summed E-state index contributed by atoms with van der Waals surface area (Å²) in [6, 6.07) is 6.36. The Morgan fingerprint density at radius 3 is 3.00 bits per heavy atom. The minimum atomic E-state index is 0.0796. The Kier molecular flexibility index (Phi) is 3.29. The molecule has 0 aliphatic carbocycles. The van der Waals surface area contributed by atoms with E-state index in [-0.39, 0.29) is 11.6 Å². The zero-order valence-electron chi connectivity index (χ0n) is 9.62. The van der Waals surface area contributed by atoms with E-state index >= 15 is 0 Å². The molecule has 1 saturated heterocycles. The maximum Gasteiger partial charge on any atom is 0.110 e. The number of hydrogen-bond donors (Lipinski definition) is 1. The molecular formula is C12H16N2OS. The number of rotatable bonds is 3. The minimum absolute atomic E-state index is 0.0796. The van der Waals surface area contributed by atoms with Crippen LogP contribution in [0.15, 0.2) is 12.1 Å². The van der Waals surface area contributed by atoms with Crippen molar-refractivity contribution in [2.24, 2.45) is 0 Å². The van der Waals surface area contributed by atoms with Crippen LogP contribution in [0.4, 0.5) is 0 Å². The van der Waals surface area contributed by atoms with Crippen LogP contribution in [0, 0.1) is 11.3 Å². The smallest absolute Gasteiger partial charge is 0.110 e. The number of ether oxygens (including phenoxy) is 1. The monoisotopic (exact) mass is 236 g/mol. The van der Waals surface area contributed by atoms with Crippen LogP contribution in [-0.4, -0.2) is 18.8 Å². The summed E-state index contributed by atoms with van der Waals surface area (Å²) in [5.41, 5.74) is 0.0796. The summed E-state index contributed by atoms with van der Waals surface area (Å²) in [6.07, 6.45) is 1.05. The zero-order chi connectivity index (χ0) is 11.6. The van der Waals surface area contributed by atoms with Crippen molar-refractivity contribution in [3.8, 4) is 6.07 Å². The van der Waals surface area contributed by atoms with Crippen molar-refractivity contribution in [2.45, 2.75) is 31.8 Å². The topological polar surface area (TPSA) is 45.0 Å². The highest BCUT2D eigenvalue weighted by atomic mass is 32.1. The number of nitrogens with zero attached hydrogens (tertiary/aromatic N) is 1. The molecule has 1 aliphatic heterocycles. The van der Waals surface area contributed by atoms with Gasteiger partial charge in [-0.2, -0.15) is 5.26 Å². The third-order valence-electron chi connectivity index (χ3n) is 2.95. The molecule has 0 radical (unpaired) electrons. The molecule has 0 amide bonds. The Balaban J connectivity index is 2.02. The van der Waals surface area contributed by atoms with Gasteiger partial charge in [-0.15, -0.1) is 11.3 Å². The lowest BCUT2D eigenvalue weighted by Crippen LogP contribution is -2.43. The van der Waals surface area contributed by atoms with E-state index < -0.39 is 0 Å². The predicted octanol–water partition coefficient (Wildman–Crippen LogP) is 2.45. The van der Waals surface area contributed by atoms with Gasteiger partial charge in [-0.1, -0.05) is 0 Å². The van der Waals surface area contributed by atoms with Crippen molar-refractivity contribution in [3.63, 3.8) is 0 Å². The lowest BCUT2D eigenvalue weighted by molar-refractivity contribution is 0.168. The van der Waals surface area contributed by atoms with Gasteiger partial charge >= 0.3 is 0 Å². The first-order valence-electron chi connectivity index (χ1n) is 5.48. The van der Waals surface area contributed by atoms with Crippen LogP contribution in [0.25, 0.3) is 0 Å². The average molecular weight is 236 g/mol. The summed E-state index contributed by atoms with van der Waals surface area (Å²) in [5.74, 6) is 0. The molecule has 2 atom stereocenters. The Labute approximate surface area is 100 Å². The average Bonchev–Trinajstić information content (AvgIpc) is 2.86. The SMILES string of the molecule is CC(NC1(C)CCOC1)c1ccc(C#N)s1. The van der Waals surface area contributed by atoms with Gasteiger partial charge in [-0.3, -0.25) is 0 Å². The van der Waals surface area contributed by atoms with Crippen molar-refractivity contribution in [1.82, 2.24) is 5.32 Å². The summed E-state index contributed by atoms with van der Waals surface area (Å²) in [7, 11) is 0. The largest absolute Gasteiger partial charge is 0.379 e. The number of nitrogens with one attached hydrogen (secondary N) is 1. The molecular weight excluding hydrogens is 220 g/mol. The molecule has 16 heavy (non-hydrogen) atoms. The van der Waals surface area contributed by atoms with Crippen LogP contribution in [0.1, 0.15) is 36.1 Å². The summed E-state index contributed by atoms with van der Waals surface area (Å²) in [6.45, 7) is 5.93. The molecule has 86 valence electrons. The molecule has 1 aromatic rings. The molecule has 0 aromatic carbocycles. The van der Waals surface area contributed by atoms with E-state index in [2.05, 4.69) is 25.2 Å². The van der Waals surface area contributed by atoms with Crippen LogP contribution >= 0.6 is 11.3 Å². The quantitative estimate of drug-likeness (QED) is 0.876. The Morgan fingerprint density at radius 2 is 2.44 bits per heavy atom. The summed E-state index contributed by atoms with van der Waals surface area (Å²) in [4.78, 5) is 1.99. The van der Waals surface area contributed by atoms with E-state index in [1.54, 1.807) is 11.3 Å². The molecule has 3 nitrogen and oxygen atoms in total. The first-order chi connectivity index (χ1) is 7.63. The van der Waals surface area contributed by atoms with E-state index in [0.717, 1.165) is 24.5 Å². The van der Waals surface area contributed by atoms with Crippen LogP contribution in [0.2, 0.25) is 0 Å². The fourth-order valence-electron chi connectivity index (χ4n) is 2.02. The van der Waals surface area contributed by atoms with E-state index in [1.165, 1.54) is 4.88 Å². The standard InChI is InChI=1S/C12H16N2OS/c1-9(11-4-3-10(7-13)16-11)14-12(2)5-6-15-8-12/h3-4,9,14H,5-6,8H2,1-2H3. The molecule has 0 saturated carbocycles. The highest BCUT2D eigenvalue weighted by Gasteiger charge is 2.31. The van der Waals surface area contributed by atoms with Crippen molar-refractivity contribution in [3.05, 3.63) is 21.9 Å². The molecule has 2 rings (SSSR count). The molecule has 2 heterocycles. The predicted molar refractivity (Wildman–Crippen MR) is 64.4 cm³/mol. The third-order valence-corrected chi connectivity index (χ3v) is 4.12. The van der Waals surface area contributed by atoms with Crippen LogP contribution in [0.3, 0.4) is 0 Å². The lowest BCUT2D eigenvalue weighted by Gasteiger charge is -2.27. The molecule has 2 unspecified atom stereocenters. The van der Waals surface area contributed by atoms with Gasteiger partial charge in [0, 0.05) is 23.1 Å². The van der Waals surface area contributed by atoms with E-state index in [9.17, 15) is 0 Å². The Hall–Kier alpha value is -0.890. The Bertz CT molecular complexity index is 401. The minimum Gasteiger partial charge on any atom is -0.379 e. The Morgan fingerprint density at radius 1 is 1.62 bits per heavy atom. The lowest BCUT2D eigenvalue weighted by atomic mass is 10.0. The zero-order valence-corrected chi connectivity index (χ0v) is 10.4. The molecule has 4 heteroatoms. The summed E-state index contributed by atoms with van der Waals surface area (Å²) in [5, 5.41) is 12.4. The number of thiophene rings is 1. The second-order valence-electron chi connectivity index (χ2n) is 4.54. The van der Waals surface area contributed by atoms with Crippen LogP contribution in [-0.2, 0) is 4.74 Å². The molecule has 1 fully saturated rings. The molecule has 0 bridgehead atoms. The van der Waals surface area contributed by atoms with Crippen molar-refractivity contribution in [2.75, 3.05) is 13.2 Å². The number of hydrogen-bond acceptors (Lipinski definition) is 4. The molecule has 1 aromatic heterocycles. The van der Waals surface area contributed by atoms with Crippen molar-refractivity contribution < 1.29 is 4.74 Å². The fourth-order valence-corrected chi connectivity index (χ4v) is 2.83. The molecule has 1 aliphatic rings. The summed E-state index contributed by atoms with van der Waals surface area (Å²) < 4.78 is 5.41. The van der Waals surface area contributed by atoms with Gasteiger partial charge in [0.2, 0.25) is 0 Å². The van der Waals surface area contributed by atoms with Crippen LogP contribution in [0.5, 0.6) is 0 Å². The van der Waals surface area contributed by atoms with E-state index in [0.29, 0.717) is 0 Å². The second-order valence-corrected chi connectivity index (χ2v) is 5.66. The first kappa shape index (κ1) is 11.6. The first-order valence-corrected chi connectivity index (χ1v) is 6.30. The van der Waals surface area contributed by atoms with Gasteiger partial charge in [0.25, 0.3) is 0 Å². The highest BCUT2D eigenvalue weighted by molar-refractivity contribution is 7.12. The van der Waals surface area contributed by atoms with E-state index in [1.807, 2.05) is 12.1 Å². The fraction of sp³-hybridized carbons (Fsp3) is 0.583.